The molecule has 0 radical (unpaired) electrons. The van der Waals surface area contributed by atoms with Gasteiger partial charge in [0, 0.05) is 13.7 Å². The van der Waals surface area contributed by atoms with Crippen LogP contribution in [0.5, 0.6) is 0 Å². The zero-order valence-electron chi connectivity index (χ0n) is 12.3. The van der Waals surface area contributed by atoms with Gasteiger partial charge in [0.15, 0.2) is 5.11 Å². The SMILES string of the molecule is Cc1cc(NC(=S)NC(=O)c2cc(Br)ccc2Cl)cc(C)c1I. The molecule has 0 spiro atoms. The summed E-state index contributed by atoms with van der Waals surface area (Å²) < 4.78 is 1.99. The first kappa shape index (κ1) is 18.6. The predicted molar refractivity (Wildman–Crippen MR) is 111 cm³/mol. The maximum Gasteiger partial charge on any atom is 0.258 e. The minimum Gasteiger partial charge on any atom is -0.332 e. The van der Waals surface area contributed by atoms with Gasteiger partial charge in [0.2, 0.25) is 0 Å². The summed E-state index contributed by atoms with van der Waals surface area (Å²) in [6, 6.07) is 9.05. The van der Waals surface area contributed by atoms with Crippen molar-refractivity contribution in [3.63, 3.8) is 0 Å². The van der Waals surface area contributed by atoms with Crippen molar-refractivity contribution in [3.8, 4) is 0 Å². The number of halogens is 3. The van der Waals surface area contributed by atoms with E-state index in [2.05, 4.69) is 49.2 Å². The number of carbonyl (C=O) groups is 1. The van der Waals surface area contributed by atoms with E-state index in [4.69, 9.17) is 23.8 Å². The second-order valence-corrected chi connectivity index (χ2v) is 7.77. The maximum atomic E-state index is 12.3. The molecular weight excluding hydrogens is 511 g/mol. The molecule has 0 heterocycles. The smallest absolute Gasteiger partial charge is 0.258 e. The topological polar surface area (TPSA) is 41.1 Å². The highest BCUT2D eigenvalue weighted by Gasteiger charge is 2.13. The first-order valence-electron chi connectivity index (χ1n) is 6.62. The quantitative estimate of drug-likeness (QED) is 0.406. The van der Waals surface area contributed by atoms with Gasteiger partial charge in [-0.25, -0.2) is 0 Å². The van der Waals surface area contributed by atoms with E-state index in [1.165, 1.54) is 3.57 Å². The molecule has 2 rings (SSSR count). The van der Waals surface area contributed by atoms with E-state index in [-0.39, 0.29) is 11.0 Å². The van der Waals surface area contributed by atoms with Crippen molar-refractivity contribution in [3.05, 3.63) is 60.1 Å². The average Bonchev–Trinajstić information content (AvgIpc) is 2.46. The first-order valence-corrected chi connectivity index (χ1v) is 9.28. The fourth-order valence-electron chi connectivity index (χ4n) is 2.02. The van der Waals surface area contributed by atoms with E-state index in [1.54, 1.807) is 18.2 Å². The Morgan fingerprint density at radius 1 is 1.22 bits per heavy atom. The van der Waals surface area contributed by atoms with Crippen molar-refractivity contribution in [2.75, 3.05) is 5.32 Å². The maximum absolute atomic E-state index is 12.3. The molecule has 2 aromatic rings. The van der Waals surface area contributed by atoms with Gasteiger partial charge in [0.05, 0.1) is 10.6 Å². The van der Waals surface area contributed by atoms with Crippen LogP contribution in [0.2, 0.25) is 5.02 Å². The molecule has 0 saturated heterocycles. The Hall–Kier alpha value is -0.700. The third kappa shape index (κ3) is 4.89. The number of nitrogens with one attached hydrogen (secondary N) is 2. The zero-order chi connectivity index (χ0) is 17.1. The van der Waals surface area contributed by atoms with Gasteiger partial charge >= 0.3 is 0 Å². The first-order chi connectivity index (χ1) is 10.8. The summed E-state index contributed by atoms with van der Waals surface area (Å²) in [7, 11) is 0. The van der Waals surface area contributed by atoms with Crippen molar-refractivity contribution in [2.45, 2.75) is 13.8 Å². The monoisotopic (exact) mass is 522 g/mol. The van der Waals surface area contributed by atoms with Crippen molar-refractivity contribution >= 4 is 79.0 Å². The van der Waals surface area contributed by atoms with E-state index in [0.717, 1.165) is 21.3 Å². The summed E-state index contributed by atoms with van der Waals surface area (Å²) in [5.41, 5.74) is 3.50. The highest BCUT2D eigenvalue weighted by atomic mass is 127. The molecule has 0 aliphatic rings. The normalized spacial score (nSPS) is 10.3. The molecular formula is C16H13BrClIN2OS. The van der Waals surface area contributed by atoms with Crippen LogP contribution in [0.1, 0.15) is 21.5 Å². The number of amides is 1. The van der Waals surface area contributed by atoms with Gasteiger partial charge < -0.3 is 5.32 Å². The molecule has 120 valence electrons. The van der Waals surface area contributed by atoms with Gasteiger partial charge in [-0.1, -0.05) is 27.5 Å². The van der Waals surface area contributed by atoms with E-state index >= 15 is 0 Å². The molecule has 3 nitrogen and oxygen atoms in total. The number of carbonyl (C=O) groups excluding carboxylic acids is 1. The van der Waals surface area contributed by atoms with Gasteiger partial charge in [0.25, 0.3) is 5.91 Å². The van der Waals surface area contributed by atoms with Gasteiger partial charge in [-0.2, -0.15) is 0 Å². The minimum absolute atomic E-state index is 0.228. The molecule has 0 aromatic heterocycles. The molecule has 0 unspecified atom stereocenters. The zero-order valence-corrected chi connectivity index (χ0v) is 17.7. The van der Waals surface area contributed by atoms with Gasteiger partial charge in [0.1, 0.15) is 0 Å². The van der Waals surface area contributed by atoms with Crippen LogP contribution in [0.3, 0.4) is 0 Å². The van der Waals surface area contributed by atoms with Crippen molar-refractivity contribution in [1.29, 1.82) is 0 Å². The number of thiocarbonyl (C=S) groups is 1. The van der Waals surface area contributed by atoms with Gasteiger partial charge in [-0.15, -0.1) is 0 Å². The number of hydrogen-bond donors (Lipinski definition) is 2. The fourth-order valence-corrected chi connectivity index (χ4v) is 3.11. The summed E-state index contributed by atoms with van der Waals surface area (Å²) in [5, 5.41) is 6.27. The van der Waals surface area contributed by atoms with E-state index in [9.17, 15) is 4.79 Å². The molecule has 0 atom stereocenters. The average molecular weight is 524 g/mol. The molecule has 2 aromatic carbocycles. The number of anilines is 1. The Balaban J connectivity index is 2.10. The lowest BCUT2D eigenvalue weighted by molar-refractivity contribution is 0.0978. The minimum atomic E-state index is -0.354. The molecule has 2 N–H and O–H groups in total. The highest BCUT2D eigenvalue weighted by molar-refractivity contribution is 14.1. The number of aryl methyl sites for hydroxylation is 2. The van der Waals surface area contributed by atoms with Crippen LogP contribution < -0.4 is 10.6 Å². The summed E-state index contributed by atoms with van der Waals surface area (Å²) in [4.78, 5) is 12.3. The third-order valence-corrected chi connectivity index (χ3v) is 5.82. The van der Waals surface area contributed by atoms with Crippen LogP contribution in [0, 0.1) is 17.4 Å². The molecule has 1 amide bonds. The van der Waals surface area contributed by atoms with E-state index in [0.29, 0.717) is 10.6 Å². The summed E-state index contributed by atoms with van der Waals surface area (Å²) in [6.07, 6.45) is 0. The Bertz CT molecular complexity index is 775. The van der Waals surface area contributed by atoms with Crippen LogP contribution in [0.15, 0.2) is 34.8 Å². The summed E-state index contributed by atoms with van der Waals surface area (Å²) in [6.45, 7) is 4.06. The lowest BCUT2D eigenvalue weighted by Crippen LogP contribution is -2.34. The molecule has 23 heavy (non-hydrogen) atoms. The second kappa shape index (κ2) is 7.92. The number of hydrogen-bond acceptors (Lipinski definition) is 2. The lowest BCUT2D eigenvalue weighted by atomic mass is 10.1. The lowest BCUT2D eigenvalue weighted by Gasteiger charge is -2.13. The van der Waals surface area contributed by atoms with Gasteiger partial charge in [-0.3, -0.25) is 10.1 Å². The van der Waals surface area contributed by atoms with Crippen molar-refractivity contribution in [1.82, 2.24) is 5.32 Å². The largest absolute Gasteiger partial charge is 0.332 e. The van der Waals surface area contributed by atoms with Gasteiger partial charge in [-0.05, 0) is 90.1 Å². The number of rotatable bonds is 2. The predicted octanol–water partition coefficient (Wildman–Crippen LogP) is 5.45. The van der Waals surface area contributed by atoms with Crippen LogP contribution in [-0.2, 0) is 0 Å². The molecule has 0 bridgehead atoms. The summed E-state index contributed by atoms with van der Waals surface area (Å²) in [5.74, 6) is -0.354. The Morgan fingerprint density at radius 2 is 1.83 bits per heavy atom. The third-order valence-electron chi connectivity index (χ3n) is 3.09. The Morgan fingerprint density at radius 3 is 2.43 bits per heavy atom. The van der Waals surface area contributed by atoms with Crippen molar-refractivity contribution in [2.24, 2.45) is 0 Å². The molecule has 0 aliphatic carbocycles. The molecule has 0 saturated carbocycles. The summed E-state index contributed by atoms with van der Waals surface area (Å²) >= 11 is 16.9. The number of benzene rings is 2. The van der Waals surface area contributed by atoms with E-state index < -0.39 is 0 Å². The fraction of sp³-hybridized carbons (Fsp3) is 0.125. The van der Waals surface area contributed by atoms with Crippen LogP contribution in [0.25, 0.3) is 0 Å². The van der Waals surface area contributed by atoms with E-state index in [1.807, 2.05) is 26.0 Å². The molecule has 7 heteroatoms. The van der Waals surface area contributed by atoms with Crippen LogP contribution in [0.4, 0.5) is 5.69 Å². The molecule has 0 aliphatic heterocycles. The Kier molecular flexibility index (Phi) is 6.41. The molecule has 0 fully saturated rings. The standard InChI is InChI=1S/C16H13BrClIN2OS/c1-8-5-11(6-9(2)14(8)19)20-16(23)21-15(22)12-7-10(17)3-4-13(12)18/h3-7H,1-2H3,(H2,20,21,22,23). The van der Waals surface area contributed by atoms with Crippen LogP contribution in [-0.4, -0.2) is 11.0 Å². The highest BCUT2D eigenvalue weighted by Crippen LogP contribution is 2.22. The second-order valence-electron chi connectivity index (χ2n) is 4.96. The van der Waals surface area contributed by atoms with Crippen LogP contribution >= 0.6 is 62.3 Å². The van der Waals surface area contributed by atoms with Crippen molar-refractivity contribution < 1.29 is 4.79 Å². The Labute approximate surface area is 167 Å².